The summed E-state index contributed by atoms with van der Waals surface area (Å²) < 4.78 is 0.915. The second-order valence-electron chi connectivity index (χ2n) is 2.53. The summed E-state index contributed by atoms with van der Waals surface area (Å²) in [6.07, 6.45) is 1.33. The van der Waals surface area contributed by atoms with Gasteiger partial charge in [-0.15, -0.1) is 0 Å². The maximum absolute atomic E-state index is 11.2. The molecule has 0 aliphatic heterocycles. The van der Waals surface area contributed by atoms with Crippen LogP contribution in [0.15, 0.2) is 35.3 Å². The van der Waals surface area contributed by atoms with Crippen molar-refractivity contribution in [1.82, 2.24) is 0 Å². The Morgan fingerprint density at radius 3 is 2.83 bits per heavy atom. The van der Waals surface area contributed by atoms with E-state index in [-0.39, 0.29) is 5.78 Å². The fraction of sp³-hybridized carbons (Fsp3) is 0.100. The molecule has 0 N–H and O–H groups in total. The van der Waals surface area contributed by atoms with Gasteiger partial charge in [-0.2, -0.15) is 0 Å². The van der Waals surface area contributed by atoms with Crippen molar-refractivity contribution in [2.75, 3.05) is 0 Å². The normalized spacial score (nSPS) is 9.50. The fourth-order valence-corrected chi connectivity index (χ4v) is 1.33. The van der Waals surface area contributed by atoms with Gasteiger partial charge in [0.05, 0.1) is 0 Å². The van der Waals surface area contributed by atoms with Gasteiger partial charge in [-0.1, -0.05) is 28.6 Å². The predicted molar refractivity (Wildman–Crippen MR) is 53.4 cm³/mol. The first-order valence-electron chi connectivity index (χ1n) is 3.58. The van der Waals surface area contributed by atoms with Crippen LogP contribution in [0.1, 0.15) is 15.9 Å². The number of allylic oxidation sites excluding steroid dienone is 1. The Bertz CT molecular complexity index is 329. The maximum atomic E-state index is 11.2. The minimum absolute atomic E-state index is 0.0335. The van der Waals surface area contributed by atoms with Crippen molar-refractivity contribution in [3.05, 3.63) is 46.5 Å². The molecule has 0 atom stereocenters. The molecule has 0 saturated carbocycles. The summed E-state index contributed by atoms with van der Waals surface area (Å²) in [6, 6.07) is 5.62. The first kappa shape index (κ1) is 9.20. The molecule has 0 aliphatic carbocycles. The molecule has 0 bridgehead atoms. The number of hydrogen-bond acceptors (Lipinski definition) is 1. The predicted octanol–water partition coefficient (Wildman–Crippen LogP) is 3.13. The molecule has 0 unspecified atom stereocenters. The van der Waals surface area contributed by atoms with E-state index in [1.54, 1.807) is 6.07 Å². The molecule has 0 amide bonds. The van der Waals surface area contributed by atoms with Gasteiger partial charge in [0.15, 0.2) is 5.78 Å². The van der Waals surface area contributed by atoms with Crippen LogP contribution < -0.4 is 0 Å². The first-order chi connectivity index (χ1) is 5.65. The Labute approximate surface area is 80.2 Å². The highest BCUT2D eigenvalue weighted by molar-refractivity contribution is 9.10. The molecule has 0 radical (unpaired) electrons. The lowest BCUT2D eigenvalue weighted by atomic mass is 10.1. The number of carbonyl (C=O) groups excluding carboxylic acids is 1. The third-order valence-electron chi connectivity index (χ3n) is 1.65. The van der Waals surface area contributed by atoms with Gasteiger partial charge in [-0.05, 0) is 30.7 Å². The average molecular weight is 225 g/mol. The molecule has 1 aromatic rings. The minimum atomic E-state index is -0.0335. The van der Waals surface area contributed by atoms with E-state index < -0.39 is 0 Å². The van der Waals surface area contributed by atoms with Gasteiger partial charge in [0, 0.05) is 10.0 Å². The van der Waals surface area contributed by atoms with E-state index in [1.807, 2.05) is 19.1 Å². The highest BCUT2D eigenvalue weighted by atomic mass is 79.9. The summed E-state index contributed by atoms with van der Waals surface area (Å²) >= 11 is 3.31. The molecule has 0 spiro atoms. The zero-order valence-corrected chi connectivity index (χ0v) is 8.39. The van der Waals surface area contributed by atoms with E-state index in [2.05, 4.69) is 22.5 Å². The van der Waals surface area contributed by atoms with E-state index in [1.165, 1.54) is 6.08 Å². The summed E-state index contributed by atoms with van der Waals surface area (Å²) in [5.74, 6) is -0.0335. The molecular formula is C10H9BrO. The van der Waals surface area contributed by atoms with Crippen LogP contribution in [0.4, 0.5) is 0 Å². The monoisotopic (exact) mass is 224 g/mol. The molecular weight excluding hydrogens is 216 g/mol. The van der Waals surface area contributed by atoms with Gasteiger partial charge in [0.1, 0.15) is 0 Å². The van der Waals surface area contributed by atoms with E-state index in [0.29, 0.717) is 5.56 Å². The second-order valence-corrected chi connectivity index (χ2v) is 3.44. The van der Waals surface area contributed by atoms with Gasteiger partial charge in [0.25, 0.3) is 0 Å². The Hall–Kier alpha value is -0.890. The largest absolute Gasteiger partial charge is 0.289 e. The standard InChI is InChI=1S/C10H9BrO/c1-3-10(12)9-6-8(11)5-4-7(9)2/h3-6H,1H2,2H3. The van der Waals surface area contributed by atoms with E-state index in [9.17, 15) is 4.79 Å². The van der Waals surface area contributed by atoms with Crippen LogP contribution in [0.3, 0.4) is 0 Å². The van der Waals surface area contributed by atoms with Crippen LogP contribution in [-0.2, 0) is 0 Å². The van der Waals surface area contributed by atoms with Crippen molar-refractivity contribution in [3.8, 4) is 0 Å². The van der Waals surface area contributed by atoms with E-state index >= 15 is 0 Å². The number of ketones is 1. The molecule has 1 aromatic carbocycles. The molecule has 12 heavy (non-hydrogen) atoms. The van der Waals surface area contributed by atoms with Gasteiger partial charge in [-0.25, -0.2) is 0 Å². The fourth-order valence-electron chi connectivity index (χ4n) is 0.970. The number of hydrogen-bond donors (Lipinski definition) is 0. The van der Waals surface area contributed by atoms with Crippen LogP contribution in [0.25, 0.3) is 0 Å². The molecule has 0 saturated heterocycles. The quantitative estimate of drug-likeness (QED) is 0.558. The number of benzene rings is 1. The SMILES string of the molecule is C=CC(=O)c1cc(Br)ccc1C. The number of carbonyl (C=O) groups is 1. The topological polar surface area (TPSA) is 17.1 Å². The van der Waals surface area contributed by atoms with E-state index in [4.69, 9.17) is 0 Å². The number of aryl methyl sites for hydroxylation is 1. The summed E-state index contributed by atoms with van der Waals surface area (Å²) in [5.41, 5.74) is 1.68. The maximum Gasteiger partial charge on any atom is 0.185 e. The lowest BCUT2D eigenvalue weighted by Crippen LogP contribution is -1.96. The lowest BCUT2D eigenvalue weighted by Gasteiger charge is -2.01. The highest BCUT2D eigenvalue weighted by Crippen LogP contribution is 2.16. The Balaban J connectivity index is 3.22. The molecule has 0 fully saturated rings. The van der Waals surface area contributed by atoms with Crippen LogP contribution >= 0.6 is 15.9 Å². The molecule has 0 heterocycles. The second kappa shape index (κ2) is 3.68. The van der Waals surface area contributed by atoms with Crippen LogP contribution in [0, 0.1) is 6.92 Å². The van der Waals surface area contributed by atoms with Crippen molar-refractivity contribution in [1.29, 1.82) is 0 Å². The number of halogens is 1. The zero-order chi connectivity index (χ0) is 9.14. The van der Waals surface area contributed by atoms with Crippen LogP contribution in [0.5, 0.6) is 0 Å². The van der Waals surface area contributed by atoms with Gasteiger partial charge in [-0.3, -0.25) is 4.79 Å². The average Bonchev–Trinajstić information content (AvgIpc) is 2.08. The van der Waals surface area contributed by atoms with Gasteiger partial charge >= 0.3 is 0 Å². The molecule has 62 valence electrons. The van der Waals surface area contributed by atoms with Crippen molar-refractivity contribution in [3.63, 3.8) is 0 Å². The Kier molecular flexibility index (Phi) is 2.82. The van der Waals surface area contributed by atoms with Crippen LogP contribution in [-0.4, -0.2) is 5.78 Å². The third-order valence-corrected chi connectivity index (χ3v) is 2.14. The van der Waals surface area contributed by atoms with Gasteiger partial charge < -0.3 is 0 Å². The molecule has 2 heteroatoms. The molecule has 0 aromatic heterocycles. The van der Waals surface area contributed by atoms with Crippen molar-refractivity contribution in [2.24, 2.45) is 0 Å². The summed E-state index contributed by atoms with van der Waals surface area (Å²) in [6.45, 7) is 5.35. The van der Waals surface area contributed by atoms with Crippen molar-refractivity contribution < 1.29 is 4.79 Å². The first-order valence-corrected chi connectivity index (χ1v) is 4.37. The molecule has 1 rings (SSSR count). The van der Waals surface area contributed by atoms with Crippen molar-refractivity contribution in [2.45, 2.75) is 6.92 Å². The highest BCUT2D eigenvalue weighted by Gasteiger charge is 2.04. The third kappa shape index (κ3) is 1.83. The summed E-state index contributed by atoms with van der Waals surface area (Å²) in [7, 11) is 0. The van der Waals surface area contributed by atoms with Gasteiger partial charge in [0.2, 0.25) is 0 Å². The zero-order valence-electron chi connectivity index (χ0n) is 6.80. The Morgan fingerprint density at radius 2 is 2.25 bits per heavy atom. The summed E-state index contributed by atoms with van der Waals surface area (Å²) in [5, 5.41) is 0. The lowest BCUT2D eigenvalue weighted by molar-refractivity contribution is 0.104. The Morgan fingerprint density at radius 1 is 1.58 bits per heavy atom. The van der Waals surface area contributed by atoms with E-state index in [0.717, 1.165) is 10.0 Å². The summed E-state index contributed by atoms with van der Waals surface area (Å²) in [4.78, 5) is 11.2. The molecule has 0 aliphatic rings. The molecule has 1 nitrogen and oxygen atoms in total. The smallest absolute Gasteiger partial charge is 0.185 e. The number of rotatable bonds is 2. The minimum Gasteiger partial charge on any atom is -0.289 e. The van der Waals surface area contributed by atoms with Crippen molar-refractivity contribution >= 4 is 21.7 Å². The van der Waals surface area contributed by atoms with Crippen LogP contribution in [0.2, 0.25) is 0 Å².